The lowest BCUT2D eigenvalue weighted by molar-refractivity contribution is -0.127. The SMILES string of the molecule is COc1ccc(-c2noc(CN(C)C(=O)CSCc3cccc(Cl)c3)n2)c(OC)c1. The lowest BCUT2D eigenvalue weighted by Crippen LogP contribution is -2.28. The molecule has 7 nitrogen and oxygen atoms in total. The lowest BCUT2D eigenvalue weighted by atomic mass is 10.2. The summed E-state index contributed by atoms with van der Waals surface area (Å²) in [5.74, 6) is 3.00. The normalized spacial score (nSPS) is 10.7. The van der Waals surface area contributed by atoms with E-state index >= 15 is 0 Å². The van der Waals surface area contributed by atoms with E-state index in [1.807, 2.05) is 24.3 Å². The fraction of sp³-hybridized carbons (Fsp3) is 0.286. The molecule has 0 aliphatic rings. The second kappa shape index (κ2) is 10.4. The van der Waals surface area contributed by atoms with E-state index in [9.17, 15) is 4.79 Å². The number of amides is 1. The van der Waals surface area contributed by atoms with Crippen molar-refractivity contribution in [2.24, 2.45) is 0 Å². The second-order valence-corrected chi connectivity index (χ2v) is 7.87. The van der Waals surface area contributed by atoms with Crippen LogP contribution < -0.4 is 9.47 Å². The Bertz CT molecular complexity index is 1010. The summed E-state index contributed by atoms with van der Waals surface area (Å²) < 4.78 is 15.9. The van der Waals surface area contributed by atoms with Gasteiger partial charge in [-0.3, -0.25) is 4.79 Å². The summed E-state index contributed by atoms with van der Waals surface area (Å²) in [6.07, 6.45) is 0. The molecular weight excluding hydrogens is 426 g/mol. The third-order valence-corrected chi connectivity index (χ3v) is 5.52. The molecular formula is C21H22ClN3O4S. The number of halogens is 1. The van der Waals surface area contributed by atoms with Crippen LogP contribution in [0.25, 0.3) is 11.4 Å². The van der Waals surface area contributed by atoms with Gasteiger partial charge >= 0.3 is 0 Å². The first-order chi connectivity index (χ1) is 14.5. The number of hydrogen-bond donors (Lipinski definition) is 0. The van der Waals surface area contributed by atoms with Crippen LogP contribution in [0.5, 0.6) is 11.5 Å². The van der Waals surface area contributed by atoms with E-state index in [0.29, 0.717) is 45.3 Å². The van der Waals surface area contributed by atoms with Crippen LogP contribution in [0.2, 0.25) is 5.02 Å². The van der Waals surface area contributed by atoms with Gasteiger partial charge in [0, 0.05) is 23.9 Å². The van der Waals surface area contributed by atoms with E-state index in [1.54, 1.807) is 44.4 Å². The highest BCUT2D eigenvalue weighted by molar-refractivity contribution is 7.99. The summed E-state index contributed by atoms with van der Waals surface area (Å²) in [5, 5.41) is 4.70. The Morgan fingerprint density at radius 2 is 2.03 bits per heavy atom. The topological polar surface area (TPSA) is 77.7 Å². The molecule has 0 N–H and O–H groups in total. The van der Waals surface area contributed by atoms with Crippen molar-refractivity contribution < 1.29 is 18.8 Å². The van der Waals surface area contributed by atoms with Crippen LogP contribution in [-0.4, -0.2) is 48.0 Å². The molecule has 0 saturated heterocycles. The van der Waals surface area contributed by atoms with Gasteiger partial charge in [-0.25, -0.2) is 0 Å². The summed E-state index contributed by atoms with van der Waals surface area (Å²) >= 11 is 7.51. The Morgan fingerprint density at radius 1 is 1.20 bits per heavy atom. The summed E-state index contributed by atoms with van der Waals surface area (Å²) in [5.41, 5.74) is 1.76. The van der Waals surface area contributed by atoms with Crippen molar-refractivity contribution in [2.75, 3.05) is 27.0 Å². The van der Waals surface area contributed by atoms with Crippen LogP contribution in [-0.2, 0) is 17.1 Å². The van der Waals surface area contributed by atoms with Crippen molar-refractivity contribution in [3.8, 4) is 22.9 Å². The molecule has 2 aromatic carbocycles. The minimum Gasteiger partial charge on any atom is -0.497 e. The summed E-state index contributed by atoms with van der Waals surface area (Å²) in [7, 11) is 4.86. The van der Waals surface area contributed by atoms with Crippen LogP contribution in [0, 0.1) is 0 Å². The van der Waals surface area contributed by atoms with E-state index in [0.717, 1.165) is 5.56 Å². The molecule has 9 heteroatoms. The molecule has 30 heavy (non-hydrogen) atoms. The molecule has 0 aliphatic carbocycles. The first-order valence-corrected chi connectivity index (χ1v) is 10.6. The molecule has 0 fully saturated rings. The van der Waals surface area contributed by atoms with Crippen molar-refractivity contribution >= 4 is 29.3 Å². The predicted octanol–water partition coefficient (Wildman–Crippen LogP) is 4.30. The maximum absolute atomic E-state index is 12.4. The van der Waals surface area contributed by atoms with Crippen LogP contribution in [0.15, 0.2) is 47.0 Å². The molecule has 1 aromatic heterocycles. The van der Waals surface area contributed by atoms with Gasteiger partial charge in [-0.1, -0.05) is 28.9 Å². The highest BCUT2D eigenvalue weighted by Crippen LogP contribution is 2.31. The fourth-order valence-electron chi connectivity index (χ4n) is 2.70. The highest BCUT2D eigenvalue weighted by Gasteiger charge is 2.17. The zero-order chi connectivity index (χ0) is 21.5. The van der Waals surface area contributed by atoms with Gasteiger partial charge in [0.2, 0.25) is 17.6 Å². The monoisotopic (exact) mass is 447 g/mol. The smallest absolute Gasteiger partial charge is 0.246 e. The number of nitrogens with zero attached hydrogens (tertiary/aromatic N) is 3. The van der Waals surface area contributed by atoms with Crippen LogP contribution in [0.4, 0.5) is 0 Å². The molecule has 1 heterocycles. The van der Waals surface area contributed by atoms with Gasteiger partial charge in [0.25, 0.3) is 0 Å². The number of hydrogen-bond acceptors (Lipinski definition) is 7. The number of ether oxygens (including phenoxy) is 2. The van der Waals surface area contributed by atoms with E-state index in [4.69, 9.17) is 25.6 Å². The Balaban J connectivity index is 1.56. The largest absolute Gasteiger partial charge is 0.497 e. The Kier molecular flexibility index (Phi) is 7.59. The fourth-order valence-corrected chi connectivity index (χ4v) is 3.82. The van der Waals surface area contributed by atoms with Crippen molar-refractivity contribution in [1.29, 1.82) is 0 Å². The van der Waals surface area contributed by atoms with Crippen molar-refractivity contribution in [1.82, 2.24) is 15.0 Å². The quantitative estimate of drug-likeness (QED) is 0.484. The van der Waals surface area contributed by atoms with Crippen molar-refractivity contribution in [3.05, 3.63) is 58.9 Å². The Labute approximate surface area is 184 Å². The highest BCUT2D eigenvalue weighted by atomic mass is 35.5. The minimum absolute atomic E-state index is 0.0243. The Hall–Kier alpha value is -2.71. The first-order valence-electron chi connectivity index (χ1n) is 9.11. The third-order valence-electron chi connectivity index (χ3n) is 4.30. The molecule has 0 bridgehead atoms. The molecule has 3 aromatic rings. The number of carbonyl (C=O) groups is 1. The number of aromatic nitrogens is 2. The first kappa shape index (κ1) is 22.0. The number of rotatable bonds is 9. The van der Waals surface area contributed by atoms with Crippen LogP contribution >= 0.6 is 23.4 Å². The van der Waals surface area contributed by atoms with E-state index in [1.165, 1.54) is 11.8 Å². The molecule has 158 valence electrons. The van der Waals surface area contributed by atoms with Gasteiger partial charge in [-0.2, -0.15) is 4.98 Å². The molecule has 0 radical (unpaired) electrons. The number of benzene rings is 2. The molecule has 0 saturated carbocycles. The number of thioether (sulfide) groups is 1. The second-order valence-electron chi connectivity index (χ2n) is 6.45. The van der Waals surface area contributed by atoms with Gasteiger partial charge in [0.05, 0.1) is 32.1 Å². The summed E-state index contributed by atoms with van der Waals surface area (Å²) in [6.45, 7) is 0.224. The van der Waals surface area contributed by atoms with Gasteiger partial charge < -0.3 is 18.9 Å². The molecule has 0 unspecified atom stereocenters. The van der Waals surface area contributed by atoms with Crippen molar-refractivity contribution in [3.63, 3.8) is 0 Å². The van der Waals surface area contributed by atoms with E-state index in [-0.39, 0.29) is 12.5 Å². The molecule has 1 amide bonds. The standard InChI is InChI=1S/C21H22ClN3O4S/c1-25(20(26)13-30-12-14-5-4-6-15(22)9-14)11-19-23-21(24-29-19)17-8-7-16(27-2)10-18(17)28-3/h4-10H,11-13H2,1-3H3. The zero-order valence-electron chi connectivity index (χ0n) is 16.9. The molecule has 0 atom stereocenters. The van der Waals surface area contributed by atoms with Gasteiger partial charge in [0.15, 0.2) is 0 Å². The van der Waals surface area contributed by atoms with Gasteiger partial charge in [-0.05, 0) is 29.8 Å². The Morgan fingerprint density at radius 3 is 2.77 bits per heavy atom. The van der Waals surface area contributed by atoms with Crippen LogP contribution in [0.1, 0.15) is 11.5 Å². The zero-order valence-corrected chi connectivity index (χ0v) is 18.5. The maximum atomic E-state index is 12.4. The number of carbonyl (C=O) groups excluding carboxylic acids is 1. The molecule has 0 spiro atoms. The van der Waals surface area contributed by atoms with E-state index < -0.39 is 0 Å². The van der Waals surface area contributed by atoms with Crippen molar-refractivity contribution in [2.45, 2.75) is 12.3 Å². The maximum Gasteiger partial charge on any atom is 0.246 e. The summed E-state index contributed by atoms with van der Waals surface area (Å²) in [6, 6.07) is 13.0. The number of methoxy groups -OCH3 is 2. The molecule has 0 aliphatic heterocycles. The van der Waals surface area contributed by atoms with E-state index in [2.05, 4.69) is 10.1 Å². The average Bonchev–Trinajstić information content (AvgIpc) is 3.21. The predicted molar refractivity (Wildman–Crippen MR) is 117 cm³/mol. The molecule has 3 rings (SSSR count). The third kappa shape index (κ3) is 5.67. The van der Waals surface area contributed by atoms with Gasteiger partial charge in [-0.15, -0.1) is 11.8 Å². The average molecular weight is 448 g/mol. The lowest BCUT2D eigenvalue weighted by Gasteiger charge is -2.14. The summed E-state index contributed by atoms with van der Waals surface area (Å²) in [4.78, 5) is 18.4. The minimum atomic E-state index is -0.0243. The van der Waals surface area contributed by atoms with Crippen LogP contribution in [0.3, 0.4) is 0 Å². The van der Waals surface area contributed by atoms with Gasteiger partial charge in [0.1, 0.15) is 11.5 Å².